The number of aromatic nitrogens is 5. The van der Waals surface area contributed by atoms with Gasteiger partial charge in [0.1, 0.15) is 0 Å². The molecule has 0 N–H and O–H groups in total. The summed E-state index contributed by atoms with van der Waals surface area (Å²) >= 11 is 3.24. The van der Waals surface area contributed by atoms with Gasteiger partial charge in [-0.05, 0) is 23.9 Å². The van der Waals surface area contributed by atoms with Gasteiger partial charge in [-0.2, -0.15) is 4.98 Å². The second kappa shape index (κ2) is 8.12. The Balaban J connectivity index is 1.64. The molecular formula is C21H23N5OS2. The fraction of sp³-hybridized carbons (Fsp3) is 0.333. The maximum atomic E-state index is 5.53. The summed E-state index contributed by atoms with van der Waals surface area (Å²) in [7, 11) is 0. The Bertz CT molecular complexity index is 1060. The predicted octanol–water partition coefficient (Wildman–Crippen LogP) is 5.59. The van der Waals surface area contributed by atoms with Crippen LogP contribution in [0.1, 0.15) is 50.2 Å². The topological polar surface area (TPSA) is 69.6 Å². The van der Waals surface area contributed by atoms with Crippen LogP contribution in [0.15, 0.2) is 57.5 Å². The van der Waals surface area contributed by atoms with E-state index < -0.39 is 0 Å². The first-order valence-corrected chi connectivity index (χ1v) is 11.2. The van der Waals surface area contributed by atoms with Crippen LogP contribution in [0.4, 0.5) is 0 Å². The van der Waals surface area contributed by atoms with Crippen LogP contribution in [-0.2, 0) is 12.0 Å². The van der Waals surface area contributed by atoms with E-state index in [1.54, 1.807) is 23.1 Å². The van der Waals surface area contributed by atoms with E-state index >= 15 is 0 Å². The van der Waals surface area contributed by atoms with Gasteiger partial charge in [0.25, 0.3) is 0 Å². The largest absolute Gasteiger partial charge is 0.338 e. The molecule has 6 nitrogen and oxygen atoms in total. The van der Waals surface area contributed by atoms with Crippen molar-refractivity contribution in [2.45, 2.75) is 50.1 Å². The fourth-order valence-corrected chi connectivity index (χ4v) is 4.38. The molecule has 1 aromatic carbocycles. The summed E-state index contributed by atoms with van der Waals surface area (Å²) in [4.78, 5) is 5.69. The number of nitrogens with zero attached hydrogens (tertiary/aromatic N) is 5. The van der Waals surface area contributed by atoms with E-state index in [2.05, 4.69) is 76.2 Å². The predicted molar refractivity (Wildman–Crippen MR) is 116 cm³/mol. The number of hydrogen-bond donors (Lipinski definition) is 0. The Morgan fingerprint density at radius 3 is 2.55 bits per heavy atom. The lowest BCUT2D eigenvalue weighted by atomic mass is 9.96. The van der Waals surface area contributed by atoms with Gasteiger partial charge in [-0.1, -0.05) is 74.1 Å². The minimum atomic E-state index is -0.147. The van der Waals surface area contributed by atoms with Crippen molar-refractivity contribution in [2.75, 3.05) is 0 Å². The summed E-state index contributed by atoms with van der Waals surface area (Å²) in [5, 5.41) is 16.0. The average Bonchev–Trinajstić information content (AvgIpc) is 3.43. The molecule has 8 heteroatoms. The van der Waals surface area contributed by atoms with E-state index in [-0.39, 0.29) is 10.7 Å². The Morgan fingerprint density at radius 1 is 1.10 bits per heavy atom. The zero-order chi connectivity index (χ0) is 20.4. The zero-order valence-corrected chi connectivity index (χ0v) is 18.5. The molecule has 0 saturated heterocycles. The number of benzene rings is 1. The van der Waals surface area contributed by atoms with Gasteiger partial charge in [0.05, 0.1) is 16.7 Å². The van der Waals surface area contributed by atoms with Gasteiger partial charge >= 0.3 is 0 Å². The highest BCUT2D eigenvalue weighted by atomic mass is 32.2. The number of hydrogen-bond acceptors (Lipinski definition) is 7. The first kappa shape index (κ1) is 19.8. The quantitative estimate of drug-likeness (QED) is 0.375. The second-order valence-corrected chi connectivity index (χ2v) is 10.1. The van der Waals surface area contributed by atoms with Crippen molar-refractivity contribution in [1.29, 1.82) is 0 Å². The van der Waals surface area contributed by atoms with Crippen molar-refractivity contribution in [2.24, 2.45) is 0 Å². The highest BCUT2D eigenvalue weighted by Crippen LogP contribution is 2.36. The van der Waals surface area contributed by atoms with Crippen molar-refractivity contribution in [3.8, 4) is 10.7 Å². The molecule has 150 valence electrons. The molecule has 0 aliphatic rings. The number of thiophene rings is 1. The van der Waals surface area contributed by atoms with Gasteiger partial charge in [-0.25, -0.2) is 0 Å². The van der Waals surface area contributed by atoms with Gasteiger partial charge in [0, 0.05) is 5.41 Å². The highest BCUT2D eigenvalue weighted by Gasteiger charge is 2.25. The Labute approximate surface area is 178 Å². The molecule has 0 radical (unpaired) electrons. The lowest BCUT2D eigenvalue weighted by Crippen LogP contribution is -2.13. The van der Waals surface area contributed by atoms with Crippen LogP contribution in [0.25, 0.3) is 10.7 Å². The van der Waals surface area contributed by atoms with Gasteiger partial charge in [-0.15, -0.1) is 21.5 Å². The Morgan fingerprint density at radius 2 is 1.90 bits per heavy atom. The molecule has 4 aromatic rings. The summed E-state index contributed by atoms with van der Waals surface area (Å²) in [5.41, 5.74) is 1.05. The average molecular weight is 426 g/mol. The van der Waals surface area contributed by atoms with Crippen molar-refractivity contribution in [3.05, 3.63) is 65.1 Å². The zero-order valence-electron chi connectivity index (χ0n) is 16.9. The smallest absolute Gasteiger partial charge is 0.239 e. The van der Waals surface area contributed by atoms with E-state index in [0.717, 1.165) is 15.9 Å². The van der Waals surface area contributed by atoms with Crippen molar-refractivity contribution >= 4 is 23.1 Å². The maximum Gasteiger partial charge on any atom is 0.239 e. The summed E-state index contributed by atoms with van der Waals surface area (Å²) in [6.07, 6.45) is 0. The van der Waals surface area contributed by atoms with E-state index in [4.69, 9.17) is 4.52 Å². The van der Waals surface area contributed by atoms with Gasteiger partial charge in [0.15, 0.2) is 16.8 Å². The molecule has 0 amide bonds. The summed E-state index contributed by atoms with van der Waals surface area (Å²) in [5.74, 6) is 2.19. The van der Waals surface area contributed by atoms with E-state index in [0.29, 0.717) is 18.3 Å². The number of rotatable bonds is 6. The van der Waals surface area contributed by atoms with Crippen LogP contribution in [0, 0.1) is 0 Å². The van der Waals surface area contributed by atoms with Crippen LogP contribution in [0.2, 0.25) is 0 Å². The van der Waals surface area contributed by atoms with Gasteiger partial charge in [-0.3, -0.25) is 4.57 Å². The minimum Gasteiger partial charge on any atom is -0.338 e. The fourth-order valence-electron chi connectivity index (χ4n) is 2.79. The van der Waals surface area contributed by atoms with E-state index in [1.165, 1.54) is 5.56 Å². The molecule has 29 heavy (non-hydrogen) atoms. The third-order valence-electron chi connectivity index (χ3n) is 4.38. The summed E-state index contributed by atoms with van der Waals surface area (Å²) in [6, 6.07) is 14.5. The molecule has 0 aliphatic heterocycles. The monoisotopic (exact) mass is 425 g/mol. The molecule has 0 aliphatic carbocycles. The third-order valence-corrected chi connectivity index (χ3v) is 6.32. The first-order chi connectivity index (χ1) is 13.9. The first-order valence-electron chi connectivity index (χ1n) is 9.43. The van der Waals surface area contributed by atoms with E-state index in [9.17, 15) is 0 Å². The van der Waals surface area contributed by atoms with Crippen molar-refractivity contribution in [1.82, 2.24) is 24.9 Å². The molecule has 4 rings (SSSR count). The van der Waals surface area contributed by atoms with E-state index in [1.807, 2.05) is 24.3 Å². The summed E-state index contributed by atoms with van der Waals surface area (Å²) in [6.45, 7) is 8.97. The van der Waals surface area contributed by atoms with Crippen LogP contribution < -0.4 is 0 Å². The molecule has 1 unspecified atom stereocenters. The van der Waals surface area contributed by atoms with Crippen LogP contribution in [-0.4, -0.2) is 24.9 Å². The lowest BCUT2D eigenvalue weighted by molar-refractivity contribution is 0.364. The SMILES string of the molecule is CC(Sc1nnc(-c2cccs2)n1Cc1ccccc1)c1nc(C(C)(C)C)no1. The second-order valence-electron chi connectivity index (χ2n) is 7.82. The van der Waals surface area contributed by atoms with Crippen LogP contribution >= 0.6 is 23.1 Å². The molecule has 3 heterocycles. The standard InChI is InChI=1S/C21H23N5OS2/c1-14(18-22-19(25-27-18)21(2,3)4)29-20-24-23-17(16-11-8-12-28-16)26(20)13-15-9-6-5-7-10-15/h5-12,14H,13H2,1-4H3. The molecule has 0 bridgehead atoms. The molecule has 0 fully saturated rings. The molecule has 3 aromatic heterocycles. The lowest BCUT2D eigenvalue weighted by Gasteiger charge is -2.12. The molecular weight excluding hydrogens is 402 g/mol. The summed E-state index contributed by atoms with van der Waals surface area (Å²) < 4.78 is 7.68. The van der Waals surface area contributed by atoms with Crippen LogP contribution in [0.5, 0.6) is 0 Å². The van der Waals surface area contributed by atoms with Crippen LogP contribution in [0.3, 0.4) is 0 Å². The van der Waals surface area contributed by atoms with Crippen molar-refractivity contribution < 1.29 is 4.52 Å². The number of thioether (sulfide) groups is 1. The minimum absolute atomic E-state index is 0.0338. The van der Waals surface area contributed by atoms with Gasteiger partial charge in [0.2, 0.25) is 5.89 Å². The Hall–Kier alpha value is -2.45. The maximum absolute atomic E-state index is 5.53. The molecule has 1 atom stereocenters. The van der Waals surface area contributed by atoms with Gasteiger partial charge < -0.3 is 4.52 Å². The van der Waals surface area contributed by atoms with Crippen molar-refractivity contribution in [3.63, 3.8) is 0 Å². The highest BCUT2D eigenvalue weighted by molar-refractivity contribution is 7.99. The molecule has 0 spiro atoms. The molecule has 0 saturated carbocycles. The third kappa shape index (κ3) is 4.43. The Kier molecular flexibility index (Phi) is 5.56. The normalized spacial score (nSPS) is 13.0.